The van der Waals surface area contributed by atoms with Crippen molar-refractivity contribution in [3.05, 3.63) is 199 Å². The number of nitrogens with zero attached hydrogens (tertiary/aromatic N) is 12. The molecule has 0 saturated heterocycles. The number of ether oxygens (including phenoxy) is 4. The third-order valence-corrected chi connectivity index (χ3v) is 33.3. The van der Waals surface area contributed by atoms with Crippen LogP contribution in [0.3, 0.4) is 0 Å². The van der Waals surface area contributed by atoms with Crippen LogP contribution in [-0.4, -0.2) is 105 Å². The van der Waals surface area contributed by atoms with E-state index in [9.17, 15) is 20.4 Å². The Labute approximate surface area is 669 Å². The van der Waals surface area contributed by atoms with Crippen molar-refractivity contribution >= 4 is 0 Å². The molecule has 12 aliphatic carbocycles. The van der Waals surface area contributed by atoms with Crippen LogP contribution in [0.25, 0.3) is 0 Å². The van der Waals surface area contributed by atoms with E-state index in [1.54, 1.807) is 0 Å². The molecule has 8 fully saturated rings. The van der Waals surface area contributed by atoms with Gasteiger partial charge in [0.25, 0.3) is 0 Å². The Morgan fingerprint density at radius 3 is 0.781 bits per heavy atom. The smallest absolute Gasteiger partial charge is 0.134 e. The molecule has 114 heavy (non-hydrogen) atoms. The van der Waals surface area contributed by atoms with Crippen molar-refractivity contribution in [2.24, 2.45) is 69.0 Å². The molecule has 9 aromatic rings. The summed E-state index contributed by atoms with van der Waals surface area (Å²) in [5.41, 5.74) is 18.6. The number of aromatic nitrogens is 12. The SMILES string of the molecule is C[C@]12CC[C@@H]3c4ccc(OCc5cn(Cc6cc(Cn7cc(COc8ccc9c(c8)CC[C@@H]8[C@@H]9CC[C@]9(C)[C@@H](O)CC[C@@H]89)nn7)c(Cn7cc(COc8ccc9c(c8)CC[C@@H]8[C@@H]9CC[C@]9(C)[C@@H](O)CC[C@@H]89)nn7)cc6Cn6cc(COc7ccc8c(c7)CC[C@@H]7[C@@H]8CC[C@]8(C)[C@@H](O)CC[C@@H]78)nn6)nn5)cc4CC[C@H]3[C@@H]1CC[C@@H]2O. The van der Waals surface area contributed by atoms with Gasteiger partial charge in [0.1, 0.15) is 72.2 Å². The zero-order valence-corrected chi connectivity index (χ0v) is 67.0. The summed E-state index contributed by atoms with van der Waals surface area (Å²) in [7, 11) is 0. The van der Waals surface area contributed by atoms with Crippen LogP contribution in [0.2, 0.25) is 0 Å². The lowest BCUT2D eigenvalue weighted by atomic mass is 9.55. The standard InChI is InChI=1S/C94H114N12O8/c1-91-33-29-75-71-17-9-67(39-55(71)5-13-79(75)83(91)21-25-87(91)107)111-51-63-47-103(99-95-63)43-59-37-61(45-105-49-65(97-101-105)53-113-69-11-19-73-57(41-69)7-15-81-77(73)31-35-93(3)85(81)23-27-89(93)109)62(46-106-50-66(98-102-106)54-114-70-12-20-74-58(42-70)8-16-82-78(74)32-36-94(4)86(82)24-28-90(94)110)38-60(59)44-104-48-64(96-100-104)52-112-68-10-18-72-56(40-68)6-14-80-76(72)30-34-92(2)84(80)22-26-88(92)108/h9-12,17-20,37-42,47-50,75-90,107-110H,5-8,13-16,21-36,43-46,51-54H2,1-4H3/t75-,76-,77-,78-,79-,80-,81-,82-,83+,84+,85+,86+,87+,88+,89+,90+,91+,92+,93+,94+/m1/s1. The summed E-state index contributed by atoms with van der Waals surface area (Å²) in [4.78, 5) is 0. The Hall–Kier alpha value is -8.30. The Morgan fingerprint density at radius 1 is 0.307 bits per heavy atom. The van der Waals surface area contributed by atoms with Crippen LogP contribution >= 0.6 is 0 Å². The minimum atomic E-state index is -0.179. The normalized spacial score (nSPS) is 33.9. The van der Waals surface area contributed by atoms with Crippen LogP contribution in [0.1, 0.15) is 269 Å². The molecule has 598 valence electrons. The van der Waals surface area contributed by atoms with E-state index in [4.69, 9.17) is 60.2 Å². The van der Waals surface area contributed by atoms with Gasteiger partial charge in [0.15, 0.2) is 0 Å². The molecule has 20 heteroatoms. The van der Waals surface area contributed by atoms with E-state index < -0.39 is 0 Å². The van der Waals surface area contributed by atoms with E-state index in [1.807, 2.05) is 43.5 Å². The number of rotatable bonds is 20. The molecule has 12 aliphatic rings. The number of benzene rings is 5. The maximum atomic E-state index is 11.1. The third-order valence-electron chi connectivity index (χ3n) is 33.3. The van der Waals surface area contributed by atoms with Gasteiger partial charge in [-0.15, -0.1) is 20.4 Å². The third kappa shape index (κ3) is 12.9. The highest BCUT2D eigenvalue weighted by atomic mass is 16.5. The van der Waals surface area contributed by atoms with Crippen LogP contribution in [0, 0.1) is 69.0 Å². The van der Waals surface area contributed by atoms with E-state index in [0.717, 1.165) is 222 Å². The molecule has 20 atom stereocenters. The number of hydrogen-bond acceptors (Lipinski definition) is 16. The Balaban J connectivity index is 0.552. The first kappa shape index (κ1) is 73.3. The monoisotopic (exact) mass is 1540 g/mol. The van der Waals surface area contributed by atoms with Gasteiger partial charge in [-0.3, -0.25) is 0 Å². The largest absolute Gasteiger partial charge is 0.487 e. The van der Waals surface area contributed by atoms with Crippen molar-refractivity contribution in [1.82, 2.24) is 60.0 Å². The van der Waals surface area contributed by atoms with Gasteiger partial charge < -0.3 is 39.4 Å². The van der Waals surface area contributed by atoms with Gasteiger partial charge >= 0.3 is 0 Å². The lowest BCUT2D eigenvalue weighted by Gasteiger charge is -2.50. The number of aliphatic hydroxyl groups is 4. The topological polar surface area (TPSA) is 241 Å². The molecule has 0 unspecified atom stereocenters. The van der Waals surface area contributed by atoms with Gasteiger partial charge in [-0.25, -0.2) is 18.7 Å². The van der Waals surface area contributed by atoms with Crippen molar-refractivity contribution in [3.63, 3.8) is 0 Å². The van der Waals surface area contributed by atoms with Crippen LogP contribution in [0.15, 0.2) is 110 Å². The number of hydrogen-bond donors (Lipinski definition) is 4. The molecule has 8 saturated carbocycles. The Morgan fingerprint density at radius 2 is 0.544 bits per heavy atom. The fourth-order valence-electron chi connectivity index (χ4n) is 27.1. The van der Waals surface area contributed by atoms with E-state index in [2.05, 4.69) is 113 Å². The van der Waals surface area contributed by atoms with Crippen LogP contribution in [0.4, 0.5) is 0 Å². The highest BCUT2D eigenvalue weighted by molar-refractivity contribution is 5.46. The summed E-state index contributed by atoms with van der Waals surface area (Å²) in [6, 6.07) is 31.4. The first-order valence-electron chi connectivity index (χ1n) is 43.9. The van der Waals surface area contributed by atoms with E-state index in [0.29, 0.717) is 97.2 Å². The van der Waals surface area contributed by atoms with Crippen molar-refractivity contribution in [2.75, 3.05) is 0 Å². The van der Waals surface area contributed by atoms with Crippen LogP contribution in [0.5, 0.6) is 23.0 Å². The average Bonchev–Trinajstić information content (AvgIpc) is 1.50. The molecule has 0 radical (unpaired) electrons. The van der Waals surface area contributed by atoms with Crippen LogP contribution in [-0.2, 0) is 78.3 Å². The lowest BCUT2D eigenvalue weighted by Crippen LogP contribution is -2.43. The molecule has 4 N–H and O–H groups in total. The highest BCUT2D eigenvalue weighted by Crippen LogP contribution is 2.66. The van der Waals surface area contributed by atoms with Gasteiger partial charge in [-0.2, -0.15) is 0 Å². The number of aryl methyl sites for hydroxylation is 4. The van der Waals surface area contributed by atoms with Crippen molar-refractivity contribution < 1.29 is 39.4 Å². The molecule has 0 spiro atoms. The maximum Gasteiger partial charge on any atom is 0.134 e. The predicted molar refractivity (Wildman–Crippen MR) is 429 cm³/mol. The maximum absolute atomic E-state index is 11.1. The molecule has 4 heterocycles. The van der Waals surface area contributed by atoms with Gasteiger partial charge in [0, 0.05) is 0 Å². The molecule has 0 aliphatic heterocycles. The van der Waals surface area contributed by atoms with Crippen molar-refractivity contribution in [2.45, 2.75) is 282 Å². The van der Waals surface area contributed by atoms with Gasteiger partial charge in [-0.05, 0) is 362 Å². The lowest BCUT2D eigenvalue weighted by molar-refractivity contribution is -0.0226. The quantitative estimate of drug-likeness (QED) is 0.0554. The summed E-state index contributed by atoms with van der Waals surface area (Å²) in [6.07, 6.45) is 33.1. The fraction of sp³-hybridized carbons (Fsp3) is 0.596. The predicted octanol–water partition coefficient (Wildman–Crippen LogP) is 15.4. The van der Waals surface area contributed by atoms with E-state index >= 15 is 0 Å². The first-order chi connectivity index (χ1) is 55.4. The highest BCUT2D eigenvalue weighted by Gasteiger charge is 2.59. The van der Waals surface area contributed by atoms with Gasteiger partial charge in [0.2, 0.25) is 0 Å². The zero-order chi connectivity index (χ0) is 76.9. The second-order valence-electron chi connectivity index (χ2n) is 38.8. The molecule has 0 amide bonds. The summed E-state index contributed by atoms with van der Waals surface area (Å²) < 4.78 is 33.9. The van der Waals surface area contributed by atoms with Gasteiger partial charge in [0.05, 0.1) is 75.4 Å². The van der Waals surface area contributed by atoms with Crippen LogP contribution < -0.4 is 18.9 Å². The summed E-state index contributed by atoms with van der Waals surface area (Å²) in [5, 5.41) is 82.1. The fourth-order valence-corrected chi connectivity index (χ4v) is 27.1. The van der Waals surface area contributed by atoms with Crippen molar-refractivity contribution in [3.8, 4) is 23.0 Å². The molecule has 4 aromatic heterocycles. The van der Waals surface area contributed by atoms with Gasteiger partial charge in [-0.1, -0.05) is 84.9 Å². The summed E-state index contributed by atoms with van der Waals surface area (Å²) in [5.74, 6) is 10.4. The van der Waals surface area contributed by atoms with E-state index in [-0.39, 0.29) is 72.5 Å². The van der Waals surface area contributed by atoms with Crippen molar-refractivity contribution in [1.29, 1.82) is 0 Å². The number of aliphatic hydroxyl groups excluding tert-OH is 4. The molecule has 20 nitrogen and oxygen atoms in total. The Kier molecular flexibility index (Phi) is 18.5. The molecular weight excluding hydrogens is 1430 g/mol. The second kappa shape index (κ2) is 28.8. The second-order valence-corrected chi connectivity index (χ2v) is 38.8. The Bertz CT molecular complexity index is 4490. The van der Waals surface area contributed by atoms with E-state index in [1.165, 1.54) is 44.5 Å². The summed E-state index contributed by atoms with van der Waals surface area (Å²) in [6.45, 7) is 12.1. The first-order valence-corrected chi connectivity index (χ1v) is 43.9. The molecule has 0 bridgehead atoms. The molecular formula is C94H114N12O8. The minimum Gasteiger partial charge on any atom is -0.487 e. The minimum absolute atomic E-state index is 0.0474. The molecule has 5 aromatic carbocycles. The summed E-state index contributed by atoms with van der Waals surface area (Å²) >= 11 is 0. The number of fused-ring (bicyclic) bond motifs is 20. The zero-order valence-electron chi connectivity index (χ0n) is 67.0. The average molecular weight is 1540 g/mol. The molecule has 21 rings (SSSR count).